The average molecular weight is 679 g/mol. The Kier molecular flexibility index (Phi) is 8.39. The molecule has 9 nitrogen and oxygen atoms in total. The lowest BCUT2D eigenvalue weighted by Gasteiger charge is -2.27. The standard InChI is InChI=1S/C21H17Br3ClN5O4/c1-28(29(2)21(33)34-3)20(32)13-7-11(22)8-14(24)17(13)27-19(31)16-9-12(23)10-30(16)18-15(25)5-4-6-26-18/h4-10H,1-3H3,(H,27,31). The number of hydrogen-bond acceptors (Lipinski definition) is 5. The van der Waals surface area contributed by atoms with Gasteiger partial charge in [0, 0.05) is 39.9 Å². The molecule has 2 heterocycles. The summed E-state index contributed by atoms with van der Waals surface area (Å²) in [6.07, 6.45) is 2.49. The SMILES string of the molecule is COC(=O)N(C)N(C)C(=O)c1cc(Br)cc(Br)c1NC(=O)c1cc(Br)cn1-c1ncccc1Cl. The summed E-state index contributed by atoms with van der Waals surface area (Å²) in [4.78, 5) is 42.7. The number of nitrogens with zero attached hydrogens (tertiary/aromatic N) is 4. The third kappa shape index (κ3) is 5.45. The fraction of sp³-hybridized carbons (Fsp3) is 0.143. The summed E-state index contributed by atoms with van der Waals surface area (Å²) >= 11 is 16.4. The van der Waals surface area contributed by atoms with Gasteiger partial charge in [-0.05, 0) is 62.2 Å². The molecule has 0 radical (unpaired) electrons. The van der Waals surface area contributed by atoms with Crippen molar-refractivity contribution in [1.29, 1.82) is 0 Å². The van der Waals surface area contributed by atoms with E-state index < -0.39 is 17.9 Å². The average Bonchev–Trinajstić information content (AvgIpc) is 3.20. The Balaban J connectivity index is 2.02. The van der Waals surface area contributed by atoms with Crippen LogP contribution in [0.3, 0.4) is 0 Å². The number of hydrazine groups is 1. The van der Waals surface area contributed by atoms with Gasteiger partial charge < -0.3 is 10.1 Å². The number of methoxy groups -OCH3 is 1. The quantitative estimate of drug-likeness (QED) is 0.355. The van der Waals surface area contributed by atoms with E-state index in [0.717, 1.165) is 10.0 Å². The second-order valence-electron chi connectivity index (χ2n) is 6.81. The van der Waals surface area contributed by atoms with E-state index in [1.54, 1.807) is 36.7 Å². The summed E-state index contributed by atoms with van der Waals surface area (Å²) in [7, 11) is 4.00. The molecule has 1 aromatic carbocycles. The number of pyridine rings is 1. The maximum atomic E-state index is 13.3. The first-order valence-corrected chi connectivity index (χ1v) is 12.2. The van der Waals surface area contributed by atoms with Crippen LogP contribution in [-0.4, -0.2) is 58.7 Å². The predicted molar refractivity (Wildman–Crippen MR) is 138 cm³/mol. The van der Waals surface area contributed by atoms with Crippen LogP contribution in [0.25, 0.3) is 5.82 Å². The van der Waals surface area contributed by atoms with E-state index in [9.17, 15) is 14.4 Å². The smallest absolute Gasteiger partial charge is 0.428 e. The molecule has 0 spiro atoms. The molecule has 0 saturated heterocycles. The molecular formula is C21H17Br3ClN5O4. The lowest BCUT2D eigenvalue weighted by molar-refractivity contribution is 0.0193. The van der Waals surface area contributed by atoms with Gasteiger partial charge in [-0.15, -0.1) is 0 Å². The first-order chi connectivity index (χ1) is 16.0. The molecule has 1 N–H and O–H groups in total. The van der Waals surface area contributed by atoms with Crippen molar-refractivity contribution in [3.63, 3.8) is 0 Å². The van der Waals surface area contributed by atoms with Gasteiger partial charge in [0.25, 0.3) is 11.8 Å². The molecule has 34 heavy (non-hydrogen) atoms. The van der Waals surface area contributed by atoms with E-state index in [0.29, 0.717) is 24.3 Å². The van der Waals surface area contributed by atoms with Crippen LogP contribution in [0.5, 0.6) is 0 Å². The zero-order valence-corrected chi connectivity index (χ0v) is 23.5. The molecule has 0 aliphatic heterocycles. The van der Waals surface area contributed by atoms with E-state index in [-0.39, 0.29) is 16.9 Å². The van der Waals surface area contributed by atoms with Gasteiger partial charge in [0.1, 0.15) is 5.69 Å². The van der Waals surface area contributed by atoms with Crippen molar-refractivity contribution in [2.75, 3.05) is 26.5 Å². The molecule has 0 unspecified atom stereocenters. The Morgan fingerprint density at radius 2 is 1.79 bits per heavy atom. The van der Waals surface area contributed by atoms with Crippen molar-refractivity contribution in [2.45, 2.75) is 0 Å². The van der Waals surface area contributed by atoms with Crippen LogP contribution in [-0.2, 0) is 4.74 Å². The fourth-order valence-electron chi connectivity index (χ4n) is 2.95. The maximum absolute atomic E-state index is 13.3. The number of benzene rings is 1. The minimum absolute atomic E-state index is 0.126. The van der Waals surface area contributed by atoms with Gasteiger partial charge in [0.15, 0.2) is 5.82 Å². The summed E-state index contributed by atoms with van der Waals surface area (Å²) in [5, 5.41) is 5.22. The monoisotopic (exact) mass is 675 g/mol. The first-order valence-electron chi connectivity index (χ1n) is 9.44. The molecule has 3 amide bonds. The lowest BCUT2D eigenvalue weighted by Crippen LogP contribution is -2.45. The number of carbonyl (C=O) groups excluding carboxylic acids is 3. The van der Waals surface area contributed by atoms with Crippen LogP contribution >= 0.6 is 59.4 Å². The first kappa shape index (κ1) is 26.2. The number of carbonyl (C=O) groups is 3. The Bertz CT molecular complexity index is 1280. The lowest BCUT2D eigenvalue weighted by atomic mass is 10.1. The molecule has 0 fully saturated rings. The van der Waals surface area contributed by atoms with Gasteiger partial charge >= 0.3 is 6.09 Å². The zero-order valence-electron chi connectivity index (χ0n) is 18.0. The van der Waals surface area contributed by atoms with Gasteiger partial charge in [-0.3, -0.25) is 14.2 Å². The minimum Gasteiger partial charge on any atom is -0.452 e. The number of hydrogen-bond donors (Lipinski definition) is 1. The second-order valence-corrected chi connectivity index (χ2v) is 9.90. The zero-order chi connectivity index (χ0) is 25.2. The molecule has 0 bridgehead atoms. The van der Waals surface area contributed by atoms with Gasteiger partial charge in [0.05, 0.1) is 23.4 Å². The highest BCUT2D eigenvalue weighted by Crippen LogP contribution is 2.33. The molecule has 0 aliphatic rings. The molecule has 13 heteroatoms. The normalized spacial score (nSPS) is 10.6. The molecule has 0 saturated carbocycles. The maximum Gasteiger partial charge on any atom is 0.428 e. The van der Waals surface area contributed by atoms with Crippen molar-refractivity contribution < 1.29 is 19.1 Å². The van der Waals surface area contributed by atoms with Crippen LogP contribution in [0, 0.1) is 0 Å². The van der Waals surface area contributed by atoms with Crippen molar-refractivity contribution >= 4 is 83.0 Å². The topological polar surface area (TPSA) is 96.8 Å². The summed E-state index contributed by atoms with van der Waals surface area (Å²) in [6.45, 7) is 0. The number of aromatic nitrogens is 2. The van der Waals surface area contributed by atoms with Crippen LogP contribution < -0.4 is 5.32 Å². The third-order valence-electron chi connectivity index (χ3n) is 4.69. The Morgan fingerprint density at radius 1 is 1.09 bits per heavy atom. The van der Waals surface area contributed by atoms with Crippen molar-refractivity contribution in [2.24, 2.45) is 0 Å². The number of halogens is 4. The van der Waals surface area contributed by atoms with Crippen LogP contribution in [0.2, 0.25) is 5.02 Å². The Labute approximate surface area is 225 Å². The molecule has 0 aliphatic carbocycles. The molecular weight excluding hydrogens is 661 g/mol. The van der Waals surface area contributed by atoms with Gasteiger partial charge in [0.2, 0.25) is 0 Å². The summed E-state index contributed by atoms with van der Waals surface area (Å²) in [5.41, 5.74) is 0.556. The summed E-state index contributed by atoms with van der Waals surface area (Å²) in [6, 6.07) is 8.17. The fourth-order valence-corrected chi connectivity index (χ4v) is 4.91. The highest BCUT2D eigenvalue weighted by Gasteiger charge is 2.26. The van der Waals surface area contributed by atoms with Gasteiger partial charge in [-0.2, -0.15) is 0 Å². The molecule has 3 rings (SSSR count). The van der Waals surface area contributed by atoms with Gasteiger partial charge in [-0.25, -0.2) is 19.8 Å². The highest BCUT2D eigenvalue weighted by molar-refractivity contribution is 9.11. The largest absolute Gasteiger partial charge is 0.452 e. The Morgan fingerprint density at radius 3 is 2.44 bits per heavy atom. The number of nitrogens with one attached hydrogen (secondary N) is 1. The van der Waals surface area contributed by atoms with Crippen molar-refractivity contribution in [1.82, 2.24) is 19.6 Å². The predicted octanol–water partition coefficient (Wildman–Crippen LogP) is 5.75. The number of amides is 3. The van der Waals surface area contributed by atoms with E-state index in [4.69, 9.17) is 11.6 Å². The summed E-state index contributed by atoms with van der Waals surface area (Å²) in [5.74, 6) is -0.714. The van der Waals surface area contributed by atoms with Crippen LogP contribution in [0.1, 0.15) is 20.8 Å². The second kappa shape index (κ2) is 10.9. The van der Waals surface area contributed by atoms with Gasteiger partial charge in [-0.1, -0.05) is 27.5 Å². The summed E-state index contributed by atoms with van der Waals surface area (Å²) < 4.78 is 7.86. The highest BCUT2D eigenvalue weighted by atomic mass is 79.9. The number of rotatable bonds is 4. The minimum atomic E-state index is -0.731. The van der Waals surface area contributed by atoms with E-state index in [1.807, 2.05) is 0 Å². The molecule has 3 aromatic rings. The van der Waals surface area contributed by atoms with Crippen molar-refractivity contribution in [3.8, 4) is 5.82 Å². The molecule has 178 valence electrons. The van der Waals surface area contributed by atoms with E-state index >= 15 is 0 Å². The van der Waals surface area contributed by atoms with Crippen LogP contribution in [0.4, 0.5) is 10.5 Å². The molecule has 0 atom stereocenters. The van der Waals surface area contributed by atoms with E-state index in [1.165, 1.54) is 31.8 Å². The Hall–Kier alpha value is -2.41. The molecule has 2 aromatic heterocycles. The van der Waals surface area contributed by atoms with Crippen LogP contribution in [0.15, 0.2) is 56.1 Å². The number of anilines is 1. The van der Waals surface area contributed by atoms with E-state index in [2.05, 4.69) is 62.8 Å². The third-order valence-corrected chi connectivity index (χ3v) is 6.51. The number of ether oxygens (including phenoxy) is 1. The van der Waals surface area contributed by atoms with Crippen molar-refractivity contribution in [3.05, 3.63) is 72.4 Å².